The molecule has 1 unspecified atom stereocenters. The van der Waals surface area contributed by atoms with Crippen molar-refractivity contribution in [2.24, 2.45) is 0 Å². The fourth-order valence-corrected chi connectivity index (χ4v) is 3.37. The summed E-state index contributed by atoms with van der Waals surface area (Å²) in [6.07, 6.45) is 1.17. The summed E-state index contributed by atoms with van der Waals surface area (Å²) in [5, 5.41) is 4.08. The lowest BCUT2D eigenvalue weighted by molar-refractivity contribution is -0.127. The first-order valence-corrected chi connectivity index (χ1v) is 10.3. The number of nitrogens with zero attached hydrogens (tertiary/aromatic N) is 3. The number of carbonyl (C=O) groups excluding carboxylic acids is 1. The van der Waals surface area contributed by atoms with Gasteiger partial charge in [0, 0.05) is 24.9 Å². The average Bonchev–Trinajstić information content (AvgIpc) is 3.29. The minimum Gasteiger partial charge on any atom is -0.490 e. The zero-order valence-corrected chi connectivity index (χ0v) is 18.0. The largest absolute Gasteiger partial charge is 0.490 e. The van der Waals surface area contributed by atoms with Crippen molar-refractivity contribution in [2.75, 3.05) is 26.3 Å². The Morgan fingerprint density at radius 2 is 1.90 bits per heavy atom. The Labute approximate surface area is 172 Å². The van der Waals surface area contributed by atoms with Crippen LogP contribution in [0.1, 0.15) is 64.2 Å². The second-order valence-corrected chi connectivity index (χ2v) is 8.34. The zero-order chi connectivity index (χ0) is 21.0. The van der Waals surface area contributed by atoms with Crippen molar-refractivity contribution in [1.29, 1.82) is 0 Å². The second kappa shape index (κ2) is 8.84. The van der Waals surface area contributed by atoms with Crippen molar-refractivity contribution in [3.8, 4) is 11.5 Å². The lowest BCUT2D eigenvalue weighted by Crippen LogP contribution is -2.27. The maximum Gasteiger partial charge on any atom is 0.232 e. The van der Waals surface area contributed by atoms with Crippen LogP contribution >= 0.6 is 0 Å². The maximum atomic E-state index is 12.5. The van der Waals surface area contributed by atoms with Crippen molar-refractivity contribution >= 4 is 5.91 Å². The third-order valence-electron chi connectivity index (χ3n) is 4.95. The number of rotatable bonds is 8. The van der Waals surface area contributed by atoms with Crippen LogP contribution < -0.4 is 9.47 Å². The van der Waals surface area contributed by atoms with Gasteiger partial charge < -0.3 is 18.9 Å². The van der Waals surface area contributed by atoms with Gasteiger partial charge in [-0.1, -0.05) is 32.0 Å². The van der Waals surface area contributed by atoms with Gasteiger partial charge in [-0.2, -0.15) is 4.98 Å². The predicted molar refractivity (Wildman–Crippen MR) is 109 cm³/mol. The predicted octanol–water partition coefficient (Wildman–Crippen LogP) is 3.72. The molecule has 29 heavy (non-hydrogen) atoms. The van der Waals surface area contributed by atoms with Crippen LogP contribution in [0.25, 0.3) is 0 Å². The standard InChI is InChI=1S/C22H31N3O4/c1-6-27-17-9-8-15(12-18(17)28-7-2)10-11-25-14-16(13-19(25)26)20-23-21(24-29-20)22(3,4)5/h8-9,12,16H,6-7,10-11,13-14H2,1-5H3. The molecule has 1 saturated heterocycles. The van der Waals surface area contributed by atoms with Crippen LogP contribution in [0.5, 0.6) is 11.5 Å². The van der Waals surface area contributed by atoms with E-state index in [2.05, 4.69) is 10.1 Å². The molecular formula is C22H31N3O4. The fraction of sp³-hybridized carbons (Fsp3) is 0.591. The second-order valence-electron chi connectivity index (χ2n) is 8.34. The minimum absolute atomic E-state index is 0.0367. The van der Waals surface area contributed by atoms with Crippen molar-refractivity contribution in [3.63, 3.8) is 0 Å². The van der Waals surface area contributed by atoms with Gasteiger partial charge in [0.05, 0.1) is 19.1 Å². The normalized spacial score (nSPS) is 17.1. The molecule has 158 valence electrons. The van der Waals surface area contributed by atoms with Crippen LogP contribution in [0, 0.1) is 0 Å². The molecule has 1 aliphatic heterocycles. The smallest absolute Gasteiger partial charge is 0.232 e. The third kappa shape index (κ3) is 5.08. The van der Waals surface area contributed by atoms with Gasteiger partial charge in [-0.05, 0) is 38.0 Å². The van der Waals surface area contributed by atoms with Gasteiger partial charge in [-0.3, -0.25) is 4.79 Å². The molecule has 1 fully saturated rings. The summed E-state index contributed by atoms with van der Waals surface area (Å²) in [4.78, 5) is 18.9. The van der Waals surface area contributed by atoms with Gasteiger partial charge in [0.15, 0.2) is 17.3 Å². The number of ether oxygens (including phenoxy) is 2. The number of benzene rings is 1. The lowest BCUT2D eigenvalue weighted by Gasteiger charge is -2.17. The number of hydrogen-bond donors (Lipinski definition) is 0. The first-order chi connectivity index (χ1) is 13.8. The molecule has 0 N–H and O–H groups in total. The number of likely N-dealkylation sites (tertiary alicyclic amines) is 1. The third-order valence-corrected chi connectivity index (χ3v) is 4.95. The summed E-state index contributed by atoms with van der Waals surface area (Å²) in [5.74, 6) is 2.83. The van der Waals surface area contributed by atoms with Gasteiger partial charge >= 0.3 is 0 Å². The molecule has 0 spiro atoms. The van der Waals surface area contributed by atoms with E-state index < -0.39 is 0 Å². The fourth-order valence-electron chi connectivity index (χ4n) is 3.37. The Hall–Kier alpha value is -2.57. The van der Waals surface area contributed by atoms with Crippen molar-refractivity contribution < 1.29 is 18.8 Å². The molecule has 1 aliphatic rings. The molecule has 1 aromatic heterocycles. The molecule has 0 radical (unpaired) electrons. The van der Waals surface area contributed by atoms with E-state index in [-0.39, 0.29) is 17.2 Å². The highest BCUT2D eigenvalue weighted by Gasteiger charge is 2.35. The van der Waals surface area contributed by atoms with E-state index in [1.165, 1.54) is 0 Å². The summed E-state index contributed by atoms with van der Waals surface area (Å²) >= 11 is 0. The lowest BCUT2D eigenvalue weighted by atomic mass is 9.96. The Morgan fingerprint density at radius 3 is 2.55 bits per heavy atom. The van der Waals surface area contributed by atoms with E-state index in [9.17, 15) is 4.79 Å². The SMILES string of the molecule is CCOc1ccc(CCN2CC(c3nc(C(C)(C)C)no3)CC2=O)cc1OCC. The summed E-state index contributed by atoms with van der Waals surface area (Å²) < 4.78 is 16.8. The molecule has 1 aromatic carbocycles. The van der Waals surface area contributed by atoms with Gasteiger partial charge in [0.25, 0.3) is 0 Å². The van der Waals surface area contributed by atoms with Crippen molar-refractivity contribution in [2.45, 2.75) is 58.8 Å². The molecule has 7 nitrogen and oxygen atoms in total. The van der Waals surface area contributed by atoms with E-state index in [0.717, 1.165) is 23.5 Å². The molecule has 0 saturated carbocycles. The summed E-state index contributed by atoms with van der Waals surface area (Å²) in [7, 11) is 0. The quantitative estimate of drug-likeness (QED) is 0.671. The Balaban J connectivity index is 1.62. The van der Waals surface area contributed by atoms with Crippen LogP contribution in [0.4, 0.5) is 0 Å². The monoisotopic (exact) mass is 401 g/mol. The van der Waals surface area contributed by atoms with E-state index >= 15 is 0 Å². The van der Waals surface area contributed by atoms with E-state index in [1.807, 2.05) is 57.7 Å². The summed E-state index contributed by atoms with van der Waals surface area (Å²) in [6.45, 7) is 12.5. The first-order valence-electron chi connectivity index (χ1n) is 10.3. The number of hydrogen-bond acceptors (Lipinski definition) is 6. The van der Waals surface area contributed by atoms with Gasteiger partial charge in [0.2, 0.25) is 11.8 Å². The molecule has 2 heterocycles. The van der Waals surface area contributed by atoms with Gasteiger partial charge in [-0.25, -0.2) is 0 Å². The Bertz CT molecular complexity index is 841. The first kappa shape index (κ1) is 21.1. The molecule has 7 heteroatoms. The van der Waals surface area contributed by atoms with Crippen LogP contribution in [0.15, 0.2) is 22.7 Å². The van der Waals surface area contributed by atoms with Crippen molar-refractivity contribution in [1.82, 2.24) is 15.0 Å². The molecule has 3 rings (SSSR count). The highest BCUT2D eigenvalue weighted by molar-refractivity contribution is 5.79. The highest BCUT2D eigenvalue weighted by atomic mass is 16.5. The minimum atomic E-state index is -0.171. The van der Waals surface area contributed by atoms with Gasteiger partial charge in [0.1, 0.15) is 0 Å². The Kier molecular flexibility index (Phi) is 6.45. The van der Waals surface area contributed by atoms with Crippen LogP contribution in [-0.4, -0.2) is 47.3 Å². The molecule has 0 aliphatic carbocycles. The number of aromatic nitrogens is 2. The summed E-state index contributed by atoms with van der Waals surface area (Å²) in [6, 6.07) is 5.96. The van der Waals surface area contributed by atoms with E-state index in [1.54, 1.807) is 0 Å². The maximum absolute atomic E-state index is 12.5. The Morgan fingerprint density at radius 1 is 1.17 bits per heavy atom. The van der Waals surface area contributed by atoms with Crippen molar-refractivity contribution in [3.05, 3.63) is 35.5 Å². The topological polar surface area (TPSA) is 77.7 Å². The molecule has 1 atom stereocenters. The van der Waals surface area contributed by atoms with Gasteiger partial charge in [-0.15, -0.1) is 0 Å². The number of carbonyl (C=O) groups is 1. The number of amides is 1. The van der Waals surface area contributed by atoms with E-state index in [4.69, 9.17) is 14.0 Å². The zero-order valence-electron chi connectivity index (χ0n) is 18.0. The van der Waals surface area contributed by atoms with E-state index in [0.29, 0.717) is 44.4 Å². The van der Waals surface area contributed by atoms with Crippen LogP contribution in [0.2, 0.25) is 0 Å². The summed E-state index contributed by atoms with van der Waals surface area (Å²) in [5.41, 5.74) is 0.941. The molecule has 1 amide bonds. The molecular weight excluding hydrogens is 370 g/mol. The highest BCUT2D eigenvalue weighted by Crippen LogP contribution is 2.31. The van der Waals surface area contributed by atoms with Crippen LogP contribution in [0.3, 0.4) is 0 Å². The van der Waals surface area contributed by atoms with Crippen LogP contribution in [-0.2, 0) is 16.6 Å². The molecule has 0 bridgehead atoms. The molecule has 2 aromatic rings. The average molecular weight is 402 g/mol.